The minimum atomic E-state index is 0.431. The molecular formula is C24H23N7O. The van der Waals surface area contributed by atoms with E-state index in [1.54, 1.807) is 19.5 Å². The molecule has 0 aliphatic carbocycles. The number of H-pyrrole nitrogens is 1. The maximum atomic E-state index is 5.26. The van der Waals surface area contributed by atoms with Crippen molar-refractivity contribution in [3.63, 3.8) is 0 Å². The molecule has 1 saturated heterocycles. The maximum Gasteiger partial charge on any atom is 0.213 e. The van der Waals surface area contributed by atoms with E-state index >= 15 is 0 Å². The molecule has 0 spiro atoms. The van der Waals surface area contributed by atoms with Gasteiger partial charge >= 0.3 is 0 Å². The zero-order chi connectivity index (χ0) is 21.5. The van der Waals surface area contributed by atoms with Gasteiger partial charge in [0.2, 0.25) is 5.88 Å². The third-order valence-corrected chi connectivity index (χ3v) is 6.17. The molecule has 160 valence electrons. The smallest absolute Gasteiger partial charge is 0.213 e. The van der Waals surface area contributed by atoms with Crippen LogP contribution in [0.2, 0.25) is 0 Å². The molecule has 1 aliphatic rings. The number of rotatable bonds is 4. The highest BCUT2D eigenvalue weighted by Crippen LogP contribution is 2.32. The molecule has 2 N–H and O–H groups in total. The van der Waals surface area contributed by atoms with Gasteiger partial charge in [-0.1, -0.05) is 6.07 Å². The second kappa shape index (κ2) is 7.72. The predicted molar refractivity (Wildman–Crippen MR) is 124 cm³/mol. The van der Waals surface area contributed by atoms with Crippen molar-refractivity contribution in [2.45, 2.75) is 18.9 Å². The third-order valence-electron chi connectivity index (χ3n) is 6.17. The maximum absolute atomic E-state index is 5.26. The fourth-order valence-electron chi connectivity index (χ4n) is 4.49. The lowest BCUT2D eigenvalue weighted by Crippen LogP contribution is -2.31. The Balaban J connectivity index is 1.44. The van der Waals surface area contributed by atoms with E-state index in [0.29, 0.717) is 11.9 Å². The highest BCUT2D eigenvalue weighted by Gasteiger charge is 2.18. The molecule has 0 amide bonds. The van der Waals surface area contributed by atoms with Crippen LogP contribution in [0.1, 0.15) is 18.9 Å². The Morgan fingerprint density at radius 3 is 2.94 bits per heavy atom. The summed E-state index contributed by atoms with van der Waals surface area (Å²) in [5.74, 6) is 0.551. The van der Waals surface area contributed by atoms with E-state index in [1.807, 2.05) is 24.7 Å². The van der Waals surface area contributed by atoms with Gasteiger partial charge in [0.25, 0.3) is 0 Å². The van der Waals surface area contributed by atoms with Crippen LogP contribution in [0.15, 0.2) is 55.2 Å². The van der Waals surface area contributed by atoms with Crippen molar-refractivity contribution >= 4 is 22.2 Å². The normalized spacial score (nSPS) is 16.6. The molecule has 5 aromatic rings. The summed E-state index contributed by atoms with van der Waals surface area (Å²) in [6.45, 7) is 2.07. The quantitative estimate of drug-likeness (QED) is 0.453. The van der Waals surface area contributed by atoms with Crippen LogP contribution < -0.4 is 10.1 Å². The SMILES string of the molecule is COc1cc(-c2cnc3[nH]cc(-c4ccc5ncn(C6CCCNC6)c5c4)c3n2)ccn1. The zero-order valence-corrected chi connectivity index (χ0v) is 17.7. The van der Waals surface area contributed by atoms with Crippen LogP contribution in [0.3, 0.4) is 0 Å². The van der Waals surface area contributed by atoms with Crippen LogP contribution in [-0.4, -0.2) is 49.7 Å². The molecule has 1 fully saturated rings. The predicted octanol–water partition coefficient (Wildman–Crippen LogP) is 3.97. The Labute approximate surface area is 184 Å². The minimum absolute atomic E-state index is 0.431. The van der Waals surface area contributed by atoms with E-state index in [-0.39, 0.29) is 0 Å². The van der Waals surface area contributed by atoms with Gasteiger partial charge in [-0.2, -0.15) is 0 Å². The molecule has 6 rings (SSSR count). The first-order valence-corrected chi connectivity index (χ1v) is 10.8. The number of imidazole rings is 1. The topological polar surface area (TPSA) is 93.5 Å². The lowest BCUT2D eigenvalue weighted by Gasteiger charge is -2.24. The van der Waals surface area contributed by atoms with Gasteiger partial charge < -0.3 is 19.6 Å². The fraction of sp³-hybridized carbons (Fsp3) is 0.250. The molecular weight excluding hydrogens is 402 g/mol. The Kier molecular flexibility index (Phi) is 4.57. The van der Waals surface area contributed by atoms with Crippen LogP contribution in [0.25, 0.3) is 44.6 Å². The molecule has 8 heteroatoms. The largest absolute Gasteiger partial charge is 0.481 e. The summed E-state index contributed by atoms with van der Waals surface area (Å²) in [7, 11) is 1.61. The molecule has 32 heavy (non-hydrogen) atoms. The van der Waals surface area contributed by atoms with Crippen molar-refractivity contribution in [1.82, 2.24) is 34.8 Å². The van der Waals surface area contributed by atoms with Crippen molar-refractivity contribution in [2.24, 2.45) is 0 Å². The number of aromatic amines is 1. The van der Waals surface area contributed by atoms with Crippen LogP contribution in [0.5, 0.6) is 5.88 Å². The number of pyridine rings is 1. The molecule has 5 heterocycles. The second-order valence-corrected chi connectivity index (χ2v) is 8.10. The molecule has 1 aromatic carbocycles. The van der Waals surface area contributed by atoms with Gasteiger partial charge in [0.05, 0.1) is 36.4 Å². The third kappa shape index (κ3) is 3.20. The van der Waals surface area contributed by atoms with Crippen LogP contribution in [0.4, 0.5) is 0 Å². The average Bonchev–Trinajstić information content (AvgIpc) is 3.48. The molecule has 1 atom stereocenters. The Bertz CT molecular complexity index is 1410. The standard InChI is InChI=1S/C24H23N7O/c1-32-22-10-16(6-8-26-22)20-13-28-24-23(30-20)18(12-27-24)15-4-5-19-21(9-15)31(14-29-19)17-3-2-7-25-11-17/h4-6,8-10,12-14,17,25H,2-3,7,11H2,1H3,(H,27,28). The van der Waals surface area contributed by atoms with E-state index in [1.165, 1.54) is 12.8 Å². The number of fused-ring (bicyclic) bond motifs is 2. The Hall–Kier alpha value is -3.78. The first-order chi connectivity index (χ1) is 15.8. The second-order valence-electron chi connectivity index (χ2n) is 8.10. The number of ether oxygens (including phenoxy) is 1. The summed E-state index contributed by atoms with van der Waals surface area (Å²) in [5.41, 5.74) is 7.55. The number of hydrogen-bond donors (Lipinski definition) is 2. The van der Waals surface area contributed by atoms with E-state index < -0.39 is 0 Å². The van der Waals surface area contributed by atoms with E-state index in [9.17, 15) is 0 Å². The van der Waals surface area contributed by atoms with E-state index in [4.69, 9.17) is 9.72 Å². The van der Waals surface area contributed by atoms with Crippen LogP contribution in [0, 0.1) is 0 Å². The number of nitrogens with zero attached hydrogens (tertiary/aromatic N) is 5. The molecule has 1 unspecified atom stereocenters. The highest BCUT2D eigenvalue weighted by atomic mass is 16.5. The summed E-state index contributed by atoms with van der Waals surface area (Å²) >= 11 is 0. The van der Waals surface area contributed by atoms with Gasteiger partial charge in [0.15, 0.2) is 5.65 Å². The summed E-state index contributed by atoms with van der Waals surface area (Å²) in [6.07, 6.45) is 9.78. The number of nitrogens with one attached hydrogen (secondary N) is 2. The van der Waals surface area contributed by atoms with Gasteiger partial charge in [0, 0.05) is 42.2 Å². The Morgan fingerprint density at radius 1 is 1.09 bits per heavy atom. The van der Waals surface area contributed by atoms with Crippen molar-refractivity contribution in [2.75, 3.05) is 20.2 Å². The molecule has 4 aromatic heterocycles. The average molecular weight is 425 g/mol. The number of benzene rings is 1. The molecule has 0 bridgehead atoms. The monoisotopic (exact) mass is 425 g/mol. The Morgan fingerprint density at radius 2 is 2.06 bits per heavy atom. The van der Waals surface area contributed by atoms with Gasteiger partial charge in [-0.05, 0) is 43.1 Å². The van der Waals surface area contributed by atoms with Crippen molar-refractivity contribution in [3.8, 4) is 28.3 Å². The van der Waals surface area contributed by atoms with E-state index in [0.717, 1.165) is 57.7 Å². The fourth-order valence-corrected chi connectivity index (χ4v) is 4.49. The molecule has 0 saturated carbocycles. The van der Waals surface area contributed by atoms with E-state index in [2.05, 4.69) is 48.0 Å². The number of piperidine rings is 1. The molecule has 1 aliphatic heterocycles. The molecule has 8 nitrogen and oxygen atoms in total. The van der Waals surface area contributed by atoms with Gasteiger partial charge in [-0.15, -0.1) is 0 Å². The van der Waals surface area contributed by atoms with Crippen molar-refractivity contribution < 1.29 is 4.74 Å². The highest BCUT2D eigenvalue weighted by molar-refractivity contribution is 5.94. The van der Waals surface area contributed by atoms with Crippen molar-refractivity contribution in [3.05, 3.63) is 55.2 Å². The van der Waals surface area contributed by atoms with Crippen LogP contribution in [-0.2, 0) is 0 Å². The first-order valence-electron chi connectivity index (χ1n) is 10.8. The minimum Gasteiger partial charge on any atom is -0.481 e. The molecule has 0 radical (unpaired) electrons. The number of methoxy groups -OCH3 is 1. The van der Waals surface area contributed by atoms with Crippen LogP contribution >= 0.6 is 0 Å². The summed E-state index contributed by atoms with van der Waals surface area (Å²) in [4.78, 5) is 21.6. The zero-order valence-electron chi connectivity index (χ0n) is 17.7. The lowest BCUT2D eigenvalue weighted by atomic mass is 10.1. The van der Waals surface area contributed by atoms with Gasteiger partial charge in [-0.25, -0.2) is 19.9 Å². The summed E-state index contributed by atoms with van der Waals surface area (Å²) in [6, 6.07) is 10.6. The number of aromatic nitrogens is 6. The number of hydrogen-bond acceptors (Lipinski definition) is 6. The lowest BCUT2D eigenvalue weighted by molar-refractivity contribution is 0.378. The van der Waals surface area contributed by atoms with Gasteiger partial charge in [-0.3, -0.25) is 0 Å². The first kappa shape index (κ1) is 18.9. The van der Waals surface area contributed by atoms with Crippen molar-refractivity contribution in [1.29, 1.82) is 0 Å². The summed E-state index contributed by atoms with van der Waals surface area (Å²) in [5, 5.41) is 3.50. The summed E-state index contributed by atoms with van der Waals surface area (Å²) < 4.78 is 7.56. The van der Waals surface area contributed by atoms with Gasteiger partial charge in [0.1, 0.15) is 5.52 Å².